The smallest absolute Gasteiger partial charge is 0.410 e. The summed E-state index contributed by atoms with van der Waals surface area (Å²) < 4.78 is 19.8. The van der Waals surface area contributed by atoms with Gasteiger partial charge in [-0.2, -0.15) is 0 Å². The van der Waals surface area contributed by atoms with Gasteiger partial charge < -0.3 is 34.4 Å². The summed E-state index contributed by atoms with van der Waals surface area (Å²) in [5, 5.41) is 35.1. The number of aromatic hydroxyl groups is 1. The summed E-state index contributed by atoms with van der Waals surface area (Å²) in [5.41, 5.74) is 1.99. The Labute approximate surface area is 292 Å². The average Bonchev–Trinajstić information content (AvgIpc) is 3.07. The van der Waals surface area contributed by atoms with E-state index in [9.17, 15) is 20.1 Å². The number of phenols is 1. The Kier molecular flexibility index (Phi) is 13.8. The molecule has 0 aromatic heterocycles. The maximum atomic E-state index is 14.0. The molecule has 49 heavy (non-hydrogen) atoms. The molecule has 1 heterocycles. The first-order valence-corrected chi connectivity index (χ1v) is 18.0. The Balaban J connectivity index is 2.02. The molecule has 1 aliphatic heterocycles. The third-order valence-electron chi connectivity index (χ3n) is 9.71. The van der Waals surface area contributed by atoms with Crippen LogP contribution in [0.1, 0.15) is 97.0 Å². The van der Waals surface area contributed by atoms with Crippen LogP contribution in [0.25, 0.3) is 0 Å². The van der Waals surface area contributed by atoms with Crippen LogP contribution in [0.3, 0.4) is 0 Å². The minimum absolute atomic E-state index is 0.0813. The summed E-state index contributed by atoms with van der Waals surface area (Å²) in [6.45, 7) is 16.6. The molecule has 1 aromatic carbocycles. The highest BCUT2D eigenvalue weighted by molar-refractivity contribution is 6.03. The van der Waals surface area contributed by atoms with Gasteiger partial charge in [0.2, 0.25) is 5.79 Å². The number of hydrogen-bond acceptors (Lipinski definition) is 9. The first kappa shape index (κ1) is 38.5. The van der Waals surface area contributed by atoms with Gasteiger partial charge in [-0.05, 0) is 94.9 Å². The van der Waals surface area contributed by atoms with Crippen LogP contribution < -0.4 is 4.74 Å². The highest BCUT2D eigenvalue weighted by Gasteiger charge is 2.65. The lowest BCUT2D eigenvalue weighted by Gasteiger charge is -2.60. The van der Waals surface area contributed by atoms with Gasteiger partial charge in [-0.25, -0.2) is 4.79 Å². The molecule has 3 aliphatic rings. The number of benzene rings is 1. The molecule has 0 spiro atoms. The van der Waals surface area contributed by atoms with E-state index >= 15 is 0 Å². The van der Waals surface area contributed by atoms with Crippen molar-refractivity contribution >= 4 is 11.8 Å². The number of aliphatic hydroxyl groups is 2. The Bertz CT molecular complexity index is 1340. The standard InChI is InChI=1S/C39H58N2O8/c1-7-10-23-46-37(45)41(19-8-2)34-26-32(40-49-38(4,5)6)30-24-27(15-11-13-20-42)29(16-12-14-21-43)35-31-25-28(44)17-18-33(31)48-39(34,36(30)35)47-22-9-3/h7,9,17-18,24-25,27,29,34-36,42-44H,1,3,8,10-16,19-23,26H2,2,4-6H3/t27-,29+,34-,35+,36+,39+/m0/s1. The van der Waals surface area contributed by atoms with E-state index in [2.05, 4.69) is 19.2 Å². The van der Waals surface area contributed by atoms with Gasteiger partial charge >= 0.3 is 6.09 Å². The van der Waals surface area contributed by atoms with Crippen LogP contribution in [-0.2, 0) is 14.3 Å². The average molecular weight is 683 g/mol. The molecule has 1 aromatic rings. The first-order valence-electron chi connectivity index (χ1n) is 18.0. The van der Waals surface area contributed by atoms with Crippen molar-refractivity contribution in [1.29, 1.82) is 0 Å². The Hall–Kier alpha value is -3.34. The molecule has 4 rings (SSSR count). The van der Waals surface area contributed by atoms with Crippen molar-refractivity contribution in [2.24, 2.45) is 22.9 Å². The number of nitrogens with zero attached hydrogens (tertiary/aromatic N) is 2. The van der Waals surface area contributed by atoms with Crippen LogP contribution in [0.5, 0.6) is 11.5 Å². The minimum Gasteiger partial charge on any atom is -0.508 e. The van der Waals surface area contributed by atoms with E-state index in [-0.39, 0.29) is 49.9 Å². The number of carbonyl (C=O) groups is 1. The molecule has 10 nitrogen and oxygen atoms in total. The fourth-order valence-corrected chi connectivity index (χ4v) is 7.78. The van der Waals surface area contributed by atoms with Crippen LogP contribution in [0.15, 0.2) is 60.3 Å². The van der Waals surface area contributed by atoms with E-state index in [4.69, 9.17) is 24.2 Å². The second kappa shape index (κ2) is 17.5. The summed E-state index contributed by atoms with van der Waals surface area (Å²) in [7, 11) is 0. The number of carbonyl (C=O) groups excluding carboxylic acids is 1. The monoisotopic (exact) mass is 682 g/mol. The van der Waals surface area contributed by atoms with Crippen molar-refractivity contribution in [3.05, 3.63) is 60.7 Å². The summed E-state index contributed by atoms with van der Waals surface area (Å²) in [4.78, 5) is 21.8. The molecule has 1 fully saturated rings. The number of ether oxygens (including phenoxy) is 3. The molecule has 1 amide bonds. The summed E-state index contributed by atoms with van der Waals surface area (Å²) >= 11 is 0. The molecule has 0 unspecified atom stereocenters. The molecular formula is C39H58N2O8. The first-order chi connectivity index (χ1) is 23.5. The van der Waals surface area contributed by atoms with Crippen LogP contribution in [0, 0.1) is 17.8 Å². The van der Waals surface area contributed by atoms with Crippen LogP contribution in [-0.4, -0.2) is 82.4 Å². The van der Waals surface area contributed by atoms with E-state index < -0.39 is 29.4 Å². The zero-order valence-corrected chi connectivity index (χ0v) is 29.9. The Morgan fingerprint density at radius 2 is 1.86 bits per heavy atom. The minimum atomic E-state index is -1.35. The summed E-state index contributed by atoms with van der Waals surface area (Å²) in [6, 6.07) is 4.55. The fraction of sp³-hybridized carbons (Fsp3) is 0.641. The lowest BCUT2D eigenvalue weighted by atomic mass is 9.55. The maximum absolute atomic E-state index is 14.0. The zero-order valence-electron chi connectivity index (χ0n) is 29.9. The molecule has 10 heteroatoms. The molecule has 0 saturated heterocycles. The zero-order chi connectivity index (χ0) is 35.6. The Morgan fingerprint density at radius 1 is 1.12 bits per heavy atom. The molecule has 1 saturated carbocycles. The summed E-state index contributed by atoms with van der Waals surface area (Å²) in [5.74, 6) is -1.06. The van der Waals surface area contributed by atoms with E-state index in [0.29, 0.717) is 44.4 Å². The largest absolute Gasteiger partial charge is 0.508 e. The molecular weight excluding hydrogens is 624 g/mol. The number of allylic oxidation sites excluding steroid dienone is 1. The fourth-order valence-electron chi connectivity index (χ4n) is 7.78. The van der Waals surface area contributed by atoms with Crippen molar-refractivity contribution in [1.82, 2.24) is 4.90 Å². The van der Waals surface area contributed by atoms with Crippen LogP contribution in [0.2, 0.25) is 0 Å². The van der Waals surface area contributed by atoms with E-state index in [1.807, 2.05) is 27.7 Å². The summed E-state index contributed by atoms with van der Waals surface area (Å²) in [6.07, 6.45) is 11.4. The molecule has 6 atom stereocenters. The highest BCUT2D eigenvalue weighted by Crippen LogP contribution is 2.61. The van der Waals surface area contributed by atoms with Gasteiger partial charge in [0.15, 0.2) is 0 Å². The van der Waals surface area contributed by atoms with Crippen LogP contribution >= 0.6 is 0 Å². The number of phenolic OH excluding ortho intramolecular Hbond substituents is 1. The van der Waals surface area contributed by atoms with Gasteiger partial charge in [0, 0.05) is 37.7 Å². The van der Waals surface area contributed by atoms with Gasteiger partial charge in [-0.15, -0.1) is 13.2 Å². The van der Waals surface area contributed by atoms with Crippen molar-refractivity contribution in [3.63, 3.8) is 0 Å². The number of rotatable bonds is 18. The maximum Gasteiger partial charge on any atom is 0.410 e. The van der Waals surface area contributed by atoms with E-state index in [0.717, 1.165) is 42.5 Å². The second-order valence-corrected chi connectivity index (χ2v) is 14.4. The van der Waals surface area contributed by atoms with Crippen molar-refractivity contribution < 1.29 is 39.2 Å². The SMILES string of the molecule is C=CCCOC(=O)N(CCC)[C@H]1CC(=NOC(C)(C)C)C2=C[C@H](CCCCO)[C@@H](CCCCO)[C@@H]3c4cc(O)ccc4O[C@@]1(OCC=C)[C@H]23. The van der Waals surface area contributed by atoms with Crippen molar-refractivity contribution in [3.8, 4) is 11.5 Å². The van der Waals surface area contributed by atoms with Gasteiger partial charge in [0.05, 0.1) is 24.8 Å². The molecule has 2 aliphatic carbocycles. The Morgan fingerprint density at radius 3 is 2.51 bits per heavy atom. The predicted molar refractivity (Wildman–Crippen MR) is 191 cm³/mol. The topological polar surface area (TPSA) is 130 Å². The number of amides is 1. The van der Waals surface area contributed by atoms with Crippen molar-refractivity contribution in [2.75, 3.05) is 33.0 Å². The number of oxime groups is 1. The molecule has 0 radical (unpaired) electrons. The number of fused-ring (bicyclic) bond motifs is 2. The van der Waals surface area contributed by atoms with Gasteiger partial charge in [0.25, 0.3) is 0 Å². The normalized spacial score (nSPS) is 26.5. The van der Waals surface area contributed by atoms with Gasteiger partial charge in [-0.1, -0.05) is 43.1 Å². The van der Waals surface area contributed by atoms with E-state index in [1.165, 1.54) is 0 Å². The van der Waals surface area contributed by atoms with Crippen molar-refractivity contribution in [2.45, 2.75) is 109 Å². The van der Waals surface area contributed by atoms with E-state index in [1.54, 1.807) is 35.3 Å². The molecule has 3 N–H and O–H groups in total. The lowest BCUT2D eigenvalue weighted by Crippen LogP contribution is -2.70. The van der Waals surface area contributed by atoms with Crippen LogP contribution in [0.4, 0.5) is 4.79 Å². The molecule has 272 valence electrons. The van der Waals surface area contributed by atoms with Gasteiger partial charge in [-0.3, -0.25) is 4.90 Å². The molecule has 0 bridgehead atoms. The van der Waals surface area contributed by atoms with Gasteiger partial charge in [0.1, 0.15) is 23.1 Å². The highest BCUT2D eigenvalue weighted by atomic mass is 16.7. The number of unbranched alkanes of at least 4 members (excludes halogenated alkanes) is 2. The number of hydrogen-bond donors (Lipinski definition) is 3. The lowest BCUT2D eigenvalue weighted by molar-refractivity contribution is -0.255. The third kappa shape index (κ3) is 8.88. The third-order valence-corrected chi connectivity index (χ3v) is 9.71. The second-order valence-electron chi connectivity index (χ2n) is 14.4. The quantitative estimate of drug-likeness (QED) is 0.0839. The number of aliphatic hydroxyl groups excluding tert-OH is 2. The predicted octanol–water partition coefficient (Wildman–Crippen LogP) is 7.25.